The third-order valence-corrected chi connectivity index (χ3v) is 4.40. The number of imidazole rings is 1. The number of anilines is 1. The Balaban J connectivity index is 2.03. The van der Waals surface area contributed by atoms with Gasteiger partial charge in [-0.3, -0.25) is 0 Å². The number of aryl methyl sites for hydroxylation is 1. The van der Waals surface area contributed by atoms with E-state index in [2.05, 4.69) is 30.9 Å². The lowest BCUT2D eigenvalue weighted by molar-refractivity contribution is 0.790. The molecule has 0 amide bonds. The van der Waals surface area contributed by atoms with Gasteiger partial charge in [0.25, 0.3) is 0 Å². The molecular weight excluding hydrogens is 374 g/mol. The summed E-state index contributed by atoms with van der Waals surface area (Å²) in [7, 11) is 0. The largest absolute Gasteiger partial charge is 0.368 e. The lowest BCUT2D eigenvalue weighted by atomic mass is 10.4. The van der Waals surface area contributed by atoms with Crippen molar-refractivity contribution >= 4 is 56.4 Å². The molecule has 0 aliphatic carbocycles. The molecule has 0 radical (unpaired) electrons. The van der Waals surface area contributed by atoms with Gasteiger partial charge in [-0.15, -0.1) is 0 Å². The second-order valence-electron chi connectivity index (χ2n) is 4.24. The highest BCUT2D eigenvalue weighted by atomic mass is 79.9. The normalized spacial score (nSPS) is 11.1. The fraction of sp³-hybridized carbons (Fsp3) is 0.154. The molecule has 0 saturated heterocycles. The Bertz CT molecular complexity index is 774. The van der Waals surface area contributed by atoms with Gasteiger partial charge in [0.2, 0.25) is 5.95 Å². The van der Waals surface area contributed by atoms with E-state index in [1.54, 1.807) is 6.33 Å². The third-order valence-electron chi connectivity index (χ3n) is 2.80. The SMILES string of the molecule is Nc1nc(Sc2ccc(Cl)cc2)c2ncn(CCBr)c2n1. The molecule has 2 N–H and O–H groups in total. The molecule has 21 heavy (non-hydrogen) atoms. The van der Waals surface area contributed by atoms with Crippen molar-refractivity contribution in [1.82, 2.24) is 19.5 Å². The van der Waals surface area contributed by atoms with Crippen LogP contribution in [0.3, 0.4) is 0 Å². The van der Waals surface area contributed by atoms with Gasteiger partial charge in [0, 0.05) is 21.8 Å². The van der Waals surface area contributed by atoms with Crippen LogP contribution in [0.2, 0.25) is 5.02 Å². The molecule has 0 fully saturated rings. The fourth-order valence-electron chi connectivity index (χ4n) is 1.87. The second kappa shape index (κ2) is 6.21. The van der Waals surface area contributed by atoms with Gasteiger partial charge in [0.05, 0.1) is 6.33 Å². The number of nitrogens with zero attached hydrogens (tertiary/aromatic N) is 4. The van der Waals surface area contributed by atoms with E-state index in [0.717, 1.165) is 33.0 Å². The van der Waals surface area contributed by atoms with Crippen LogP contribution in [0.4, 0.5) is 5.95 Å². The first-order valence-corrected chi connectivity index (χ1v) is 8.46. The maximum Gasteiger partial charge on any atom is 0.223 e. The van der Waals surface area contributed by atoms with Crippen molar-refractivity contribution in [3.05, 3.63) is 35.6 Å². The summed E-state index contributed by atoms with van der Waals surface area (Å²) >= 11 is 10.8. The summed E-state index contributed by atoms with van der Waals surface area (Å²) in [4.78, 5) is 14.0. The van der Waals surface area contributed by atoms with Crippen LogP contribution in [0.1, 0.15) is 0 Å². The van der Waals surface area contributed by atoms with Crippen molar-refractivity contribution in [1.29, 1.82) is 0 Å². The van der Waals surface area contributed by atoms with E-state index in [-0.39, 0.29) is 5.95 Å². The van der Waals surface area contributed by atoms with E-state index >= 15 is 0 Å². The number of fused-ring (bicyclic) bond motifs is 1. The number of aromatic nitrogens is 4. The Kier molecular flexibility index (Phi) is 4.32. The lowest BCUT2D eigenvalue weighted by Crippen LogP contribution is -2.02. The standard InChI is InChI=1S/C13H11BrClN5S/c14-5-6-20-7-17-10-11(20)18-13(16)19-12(10)21-9-3-1-8(15)2-4-9/h1-4,7H,5-6H2,(H2,16,18,19). The maximum absolute atomic E-state index is 5.90. The Morgan fingerprint density at radius 3 is 2.71 bits per heavy atom. The summed E-state index contributed by atoms with van der Waals surface area (Å²) in [5.74, 6) is 0.246. The van der Waals surface area contributed by atoms with E-state index in [0.29, 0.717) is 5.02 Å². The summed E-state index contributed by atoms with van der Waals surface area (Å²) in [6, 6.07) is 7.56. The minimum Gasteiger partial charge on any atom is -0.368 e. The van der Waals surface area contributed by atoms with Gasteiger partial charge >= 0.3 is 0 Å². The molecular formula is C13H11BrClN5S. The summed E-state index contributed by atoms with van der Waals surface area (Å²) in [6.07, 6.45) is 1.76. The van der Waals surface area contributed by atoms with Gasteiger partial charge in [-0.25, -0.2) is 9.97 Å². The Morgan fingerprint density at radius 1 is 1.24 bits per heavy atom. The molecule has 8 heteroatoms. The van der Waals surface area contributed by atoms with Crippen molar-refractivity contribution in [2.75, 3.05) is 11.1 Å². The van der Waals surface area contributed by atoms with Crippen LogP contribution >= 0.6 is 39.3 Å². The van der Waals surface area contributed by atoms with E-state index in [4.69, 9.17) is 17.3 Å². The molecule has 0 saturated carbocycles. The van der Waals surface area contributed by atoms with Gasteiger partial charge in [0.1, 0.15) is 10.5 Å². The predicted octanol–water partition coefficient (Wildman–Crippen LogP) is 3.61. The Labute approximate surface area is 139 Å². The Morgan fingerprint density at radius 2 is 2.00 bits per heavy atom. The van der Waals surface area contributed by atoms with Gasteiger partial charge in [-0.1, -0.05) is 39.3 Å². The smallest absolute Gasteiger partial charge is 0.223 e. The molecule has 5 nitrogen and oxygen atoms in total. The van der Waals surface area contributed by atoms with Crippen molar-refractivity contribution in [3.63, 3.8) is 0 Å². The average molecular weight is 385 g/mol. The monoisotopic (exact) mass is 383 g/mol. The molecule has 1 aromatic carbocycles. The highest BCUT2D eigenvalue weighted by Crippen LogP contribution is 2.31. The van der Waals surface area contributed by atoms with Crippen molar-refractivity contribution in [2.45, 2.75) is 16.5 Å². The number of hydrogen-bond donors (Lipinski definition) is 1. The molecule has 3 aromatic rings. The summed E-state index contributed by atoms with van der Waals surface area (Å²) in [6.45, 7) is 0.776. The zero-order valence-electron chi connectivity index (χ0n) is 10.8. The van der Waals surface area contributed by atoms with E-state index in [1.807, 2.05) is 28.8 Å². The topological polar surface area (TPSA) is 69.6 Å². The fourth-order valence-corrected chi connectivity index (χ4v) is 3.26. The van der Waals surface area contributed by atoms with E-state index < -0.39 is 0 Å². The summed E-state index contributed by atoms with van der Waals surface area (Å²) < 4.78 is 1.95. The minimum absolute atomic E-state index is 0.246. The lowest BCUT2D eigenvalue weighted by Gasteiger charge is -2.05. The number of rotatable bonds is 4. The molecule has 108 valence electrons. The first-order chi connectivity index (χ1) is 10.2. The average Bonchev–Trinajstić information content (AvgIpc) is 2.85. The number of halogens is 2. The second-order valence-corrected chi connectivity index (χ2v) is 6.53. The van der Waals surface area contributed by atoms with E-state index in [1.165, 1.54) is 11.8 Å². The summed E-state index contributed by atoms with van der Waals surface area (Å²) in [5.41, 5.74) is 7.32. The number of hydrogen-bond acceptors (Lipinski definition) is 5. The first-order valence-electron chi connectivity index (χ1n) is 6.15. The Hall–Kier alpha value is -1.31. The van der Waals surface area contributed by atoms with Crippen LogP contribution in [0.25, 0.3) is 11.2 Å². The van der Waals surface area contributed by atoms with Gasteiger partial charge < -0.3 is 10.3 Å². The number of nitrogen functional groups attached to an aromatic ring is 1. The zero-order valence-corrected chi connectivity index (χ0v) is 14.0. The number of alkyl halides is 1. The maximum atomic E-state index is 5.90. The molecule has 3 rings (SSSR count). The van der Waals surface area contributed by atoms with Crippen LogP contribution in [-0.2, 0) is 6.54 Å². The highest BCUT2D eigenvalue weighted by Gasteiger charge is 2.13. The van der Waals surface area contributed by atoms with Crippen molar-refractivity contribution in [3.8, 4) is 0 Å². The molecule has 2 aromatic heterocycles. The van der Waals surface area contributed by atoms with Gasteiger partial charge in [-0.2, -0.15) is 4.98 Å². The molecule has 0 bridgehead atoms. The van der Waals surface area contributed by atoms with E-state index in [9.17, 15) is 0 Å². The van der Waals surface area contributed by atoms with Crippen LogP contribution in [-0.4, -0.2) is 24.8 Å². The quantitative estimate of drug-likeness (QED) is 0.549. The van der Waals surface area contributed by atoms with Gasteiger partial charge in [-0.05, 0) is 24.3 Å². The molecule has 0 atom stereocenters. The van der Waals surface area contributed by atoms with Crippen LogP contribution in [0, 0.1) is 0 Å². The summed E-state index contributed by atoms with van der Waals surface area (Å²) in [5, 5.41) is 2.27. The van der Waals surface area contributed by atoms with Crippen molar-refractivity contribution < 1.29 is 0 Å². The molecule has 2 heterocycles. The number of benzene rings is 1. The minimum atomic E-state index is 0.246. The number of nitrogens with two attached hydrogens (primary N) is 1. The van der Waals surface area contributed by atoms with Crippen LogP contribution < -0.4 is 5.73 Å². The molecule has 0 aliphatic heterocycles. The molecule has 0 spiro atoms. The van der Waals surface area contributed by atoms with Crippen LogP contribution in [0.5, 0.6) is 0 Å². The molecule has 0 aliphatic rings. The molecule has 0 unspecified atom stereocenters. The first kappa shape index (κ1) is 14.6. The van der Waals surface area contributed by atoms with Gasteiger partial charge in [0.15, 0.2) is 5.65 Å². The highest BCUT2D eigenvalue weighted by molar-refractivity contribution is 9.09. The van der Waals surface area contributed by atoms with Crippen molar-refractivity contribution in [2.24, 2.45) is 0 Å². The van der Waals surface area contributed by atoms with Crippen LogP contribution in [0.15, 0.2) is 40.5 Å². The third kappa shape index (κ3) is 3.14. The predicted molar refractivity (Wildman–Crippen MR) is 89.1 cm³/mol. The zero-order chi connectivity index (χ0) is 14.8.